The summed E-state index contributed by atoms with van der Waals surface area (Å²) < 4.78 is 17.5. The lowest BCUT2D eigenvalue weighted by Gasteiger charge is -2.34. The van der Waals surface area contributed by atoms with E-state index in [4.69, 9.17) is 13.6 Å². The average Bonchev–Trinajstić information content (AvgIpc) is 2.64. The van der Waals surface area contributed by atoms with Gasteiger partial charge in [0.1, 0.15) is 6.61 Å². The van der Waals surface area contributed by atoms with E-state index in [1.54, 1.807) is 24.3 Å². The van der Waals surface area contributed by atoms with Crippen molar-refractivity contribution >= 4 is 28.4 Å². The number of rotatable bonds is 14. The lowest BCUT2D eigenvalue weighted by molar-refractivity contribution is 0.0316. The molecule has 0 heterocycles. The summed E-state index contributed by atoms with van der Waals surface area (Å²) in [5.74, 6) is -0.635. The van der Waals surface area contributed by atoms with Gasteiger partial charge in [0.2, 0.25) is 0 Å². The van der Waals surface area contributed by atoms with Gasteiger partial charge in [-0.15, -0.1) is 0 Å². The second kappa shape index (κ2) is 12.4. The maximum Gasteiger partial charge on any atom is 0.338 e. The minimum atomic E-state index is -1.67. The van der Waals surface area contributed by atoms with Crippen LogP contribution in [0, 0.1) is 0 Å². The average molecular weight is 439 g/mol. The Labute approximate surface area is 178 Å². The Morgan fingerprint density at radius 2 is 1.45 bits per heavy atom. The molecule has 1 aromatic carbocycles. The van der Waals surface area contributed by atoms with E-state index in [1.807, 2.05) is 0 Å². The van der Waals surface area contributed by atoms with E-state index in [-0.39, 0.29) is 12.4 Å². The molecule has 1 rings (SSSR count). The minimum Gasteiger partial charge on any atom is -0.460 e. The molecule has 5 nitrogen and oxygen atoms in total. The Bertz CT molecular complexity index is 658. The fourth-order valence-electron chi connectivity index (χ4n) is 3.39. The van der Waals surface area contributed by atoms with Crippen LogP contribution in [0.2, 0.25) is 38.3 Å². The highest BCUT2D eigenvalue weighted by molar-refractivity contribution is 6.84. The smallest absolute Gasteiger partial charge is 0.338 e. The van der Waals surface area contributed by atoms with Gasteiger partial charge in [0, 0.05) is 12.2 Å². The summed E-state index contributed by atoms with van der Waals surface area (Å²) in [4.78, 5) is 23.8. The second-order valence-corrected chi connectivity index (χ2v) is 17.5. The van der Waals surface area contributed by atoms with Crippen LogP contribution < -0.4 is 0 Å². The fraction of sp³-hybridized carbons (Fsp3) is 0.636. The molecular weight excluding hydrogens is 400 g/mol. The molecule has 0 N–H and O–H groups in total. The van der Waals surface area contributed by atoms with Crippen LogP contribution in [0.4, 0.5) is 0 Å². The van der Waals surface area contributed by atoms with Gasteiger partial charge in [0.05, 0.1) is 12.2 Å². The number of carbonyl (C=O) groups is 2. The molecule has 0 saturated carbocycles. The van der Waals surface area contributed by atoms with Gasteiger partial charge < -0.3 is 13.6 Å². The molecule has 0 saturated heterocycles. The summed E-state index contributed by atoms with van der Waals surface area (Å²) in [5.41, 5.74) is 0.691. The van der Waals surface area contributed by atoms with E-state index in [0.29, 0.717) is 24.3 Å². The van der Waals surface area contributed by atoms with Crippen LogP contribution in [-0.2, 0) is 13.6 Å². The molecule has 0 unspecified atom stereocenters. The van der Waals surface area contributed by atoms with Gasteiger partial charge in [0.15, 0.2) is 22.4 Å². The first-order chi connectivity index (χ1) is 13.6. The predicted octanol–water partition coefficient (Wildman–Crippen LogP) is 5.68. The molecule has 0 aliphatic heterocycles. The van der Waals surface area contributed by atoms with Crippen molar-refractivity contribution in [3.8, 4) is 0 Å². The Morgan fingerprint density at radius 3 is 2.03 bits per heavy atom. The molecule has 0 bridgehead atoms. The predicted molar refractivity (Wildman–Crippen MR) is 123 cm³/mol. The van der Waals surface area contributed by atoms with Crippen molar-refractivity contribution in [3.63, 3.8) is 0 Å². The summed E-state index contributed by atoms with van der Waals surface area (Å²) in [6, 6.07) is 9.00. The first kappa shape index (κ1) is 25.7. The third kappa shape index (κ3) is 10.3. The standard InChI is InChI=1S/C22H38O5Si2/c1-7-8-17-28(3,4)27-29(5,6)18-11-14-25-15-16-26-22(24)21-13-10-9-12-20(21)19(2)23/h9-10,12-13H,7-8,11,14-18H2,1-6H3. The van der Waals surface area contributed by atoms with E-state index in [2.05, 4.69) is 33.1 Å². The fourth-order valence-corrected chi connectivity index (χ4v) is 12.4. The van der Waals surface area contributed by atoms with Crippen molar-refractivity contribution in [1.29, 1.82) is 0 Å². The molecule has 0 aliphatic carbocycles. The molecule has 7 heteroatoms. The lowest BCUT2D eigenvalue weighted by Crippen LogP contribution is -2.44. The van der Waals surface area contributed by atoms with Crippen LogP contribution in [0.3, 0.4) is 0 Å². The second-order valence-electron chi connectivity index (χ2n) is 8.68. The van der Waals surface area contributed by atoms with Crippen molar-refractivity contribution < 1.29 is 23.2 Å². The molecule has 0 fully saturated rings. The van der Waals surface area contributed by atoms with Crippen LogP contribution in [0.15, 0.2) is 24.3 Å². The monoisotopic (exact) mass is 438 g/mol. The van der Waals surface area contributed by atoms with Gasteiger partial charge >= 0.3 is 5.97 Å². The van der Waals surface area contributed by atoms with Crippen LogP contribution in [0.5, 0.6) is 0 Å². The van der Waals surface area contributed by atoms with E-state index in [1.165, 1.54) is 25.8 Å². The summed E-state index contributed by atoms with van der Waals surface area (Å²) in [5, 5.41) is 0. The first-order valence-corrected chi connectivity index (χ1v) is 16.9. The number of hydrogen-bond donors (Lipinski definition) is 0. The van der Waals surface area contributed by atoms with Crippen molar-refractivity contribution in [2.45, 2.75) is 71.4 Å². The Hall–Kier alpha value is -1.29. The highest BCUT2D eigenvalue weighted by Gasteiger charge is 2.32. The van der Waals surface area contributed by atoms with Crippen molar-refractivity contribution in [1.82, 2.24) is 0 Å². The Morgan fingerprint density at radius 1 is 0.862 bits per heavy atom. The zero-order valence-electron chi connectivity index (χ0n) is 19.0. The van der Waals surface area contributed by atoms with Crippen LogP contribution in [0.1, 0.15) is 53.8 Å². The van der Waals surface area contributed by atoms with Gasteiger partial charge in [-0.2, -0.15) is 0 Å². The molecule has 1 aromatic rings. The third-order valence-electron chi connectivity index (χ3n) is 4.74. The normalized spacial score (nSPS) is 12.1. The molecule has 164 valence electrons. The molecule has 0 aromatic heterocycles. The molecule has 0 aliphatic rings. The topological polar surface area (TPSA) is 61.8 Å². The largest absolute Gasteiger partial charge is 0.460 e. The van der Waals surface area contributed by atoms with Crippen molar-refractivity contribution in [2.24, 2.45) is 0 Å². The number of unbranched alkanes of at least 4 members (excludes halogenated alkanes) is 1. The molecule has 29 heavy (non-hydrogen) atoms. The molecular formula is C22H38O5Si2. The third-order valence-corrected chi connectivity index (χ3v) is 12.3. The summed E-state index contributed by atoms with van der Waals surface area (Å²) in [7, 11) is -3.23. The molecule has 0 amide bonds. The van der Waals surface area contributed by atoms with Gasteiger partial charge in [-0.25, -0.2) is 4.79 Å². The Kier molecular flexibility index (Phi) is 11.0. The summed E-state index contributed by atoms with van der Waals surface area (Å²) in [6.07, 6.45) is 3.43. The zero-order valence-corrected chi connectivity index (χ0v) is 21.0. The zero-order chi connectivity index (χ0) is 21.9. The van der Waals surface area contributed by atoms with E-state index in [9.17, 15) is 9.59 Å². The highest BCUT2D eigenvalue weighted by atomic mass is 28.4. The molecule has 0 atom stereocenters. The maximum absolute atomic E-state index is 12.2. The van der Waals surface area contributed by atoms with Gasteiger partial charge in [0.25, 0.3) is 0 Å². The van der Waals surface area contributed by atoms with Crippen LogP contribution >= 0.6 is 0 Å². The minimum absolute atomic E-state index is 0.149. The van der Waals surface area contributed by atoms with E-state index < -0.39 is 22.6 Å². The number of ketones is 1. The lowest BCUT2D eigenvalue weighted by atomic mass is 10.0. The molecule has 0 radical (unpaired) electrons. The van der Waals surface area contributed by atoms with E-state index >= 15 is 0 Å². The SMILES string of the molecule is CCCC[Si](C)(C)O[Si](C)(C)CCCOCCOC(=O)c1ccccc1C(C)=O. The van der Waals surface area contributed by atoms with Gasteiger partial charge in [-0.1, -0.05) is 38.0 Å². The van der Waals surface area contributed by atoms with Crippen molar-refractivity contribution in [2.75, 3.05) is 19.8 Å². The van der Waals surface area contributed by atoms with Crippen LogP contribution in [-0.4, -0.2) is 48.2 Å². The van der Waals surface area contributed by atoms with Gasteiger partial charge in [-0.05, 0) is 57.7 Å². The molecule has 0 spiro atoms. The van der Waals surface area contributed by atoms with Gasteiger partial charge in [-0.3, -0.25) is 4.79 Å². The number of ether oxygens (including phenoxy) is 2. The van der Waals surface area contributed by atoms with E-state index in [0.717, 1.165) is 12.5 Å². The summed E-state index contributed by atoms with van der Waals surface area (Å²) in [6.45, 7) is 14.1. The van der Waals surface area contributed by atoms with Crippen molar-refractivity contribution in [3.05, 3.63) is 35.4 Å². The van der Waals surface area contributed by atoms with Crippen LogP contribution in [0.25, 0.3) is 0 Å². The first-order valence-electron chi connectivity index (χ1n) is 10.6. The number of carbonyl (C=O) groups excluding carboxylic acids is 2. The quantitative estimate of drug-likeness (QED) is 0.162. The maximum atomic E-state index is 12.2. The Balaban J connectivity index is 2.26. The number of Topliss-reactive ketones (excluding diaryl/α,β-unsaturated/α-hetero) is 1. The number of esters is 1. The number of benzene rings is 1. The summed E-state index contributed by atoms with van der Waals surface area (Å²) >= 11 is 0. The highest BCUT2D eigenvalue weighted by Crippen LogP contribution is 2.24. The number of hydrogen-bond acceptors (Lipinski definition) is 5.